The predicted molar refractivity (Wildman–Crippen MR) is 37.4 cm³/mol. The van der Waals surface area contributed by atoms with Crippen LogP contribution in [0.1, 0.15) is 6.42 Å². The summed E-state index contributed by atoms with van der Waals surface area (Å²) in [4.78, 5) is 10.0. The Kier molecular flexibility index (Phi) is 4.75. The van der Waals surface area contributed by atoms with Crippen LogP contribution in [0.5, 0.6) is 0 Å². The molecule has 12 heavy (non-hydrogen) atoms. The molecule has 72 valence electrons. The lowest BCUT2D eigenvalue weighted by atomic mass is 10.1. The zero-order valence-corrected chi connectivity index (χ0v) is 6.29. The molecule has 0 amide bonds. The van der Waals surface area contributed by atoms with E-state index in [1.165, 1.54) is 0 Å². The molecular formula is C6H12O6. The first-order chi connectivity index (χ1) is 5.49. The molecule has 0 heterocycles. The quantitative estimate of drug-likeness (QED) is 0.320. The van der Waals surface area contributed by atoms with Crippen LogP contribution in [0.3, 0.4) is 0 Å². The summed E-state index contributed by atoms with van der Waals surface area (Å²) in [6.45, 7) is -0.724. The highest BCUT2D eigenvalue weighted by Gasteiger charge is 2.25. The minimum atomic E-state index is -1.63. The van der Waals surface area contributed by atoms with Gasteiger partial charge in [0, 0.05) is 0 Å². The van der Waals surface area contributed by atoms with Gasteiger partial charge >= 0.3 is 5.97 Å². The van der Waals surface area contributed by atoms with Gasteiger partial charge in [-0.25, -0.2) is 0 Å². The van der Waals surface area contributed by atoms with Gasteiger partial charge in [0.2, 0.25) is 0 Å². The Morgan fingerprint density at radius 1 is 1.17 bits per heavy atom. The highest BCUT2D eigenvalue weighted by atomic mass is 16.4. The van der Waals surface area contributed by atoms with Gasteiger partial charge in [-0.2, -0.15) is 0 Å². The second-order valence-corrected chi connectivity index (χ2v) is 2.41. The van der Waals surface area contributed by atoms with Crippen molar-refractivity contribution in [2.45, 2.75) is 24.7 Å². The maximum absolute atomic E-state index is 10.0. The first-order valence-electron chi connectivity index (χ1n) is 3.36. The van der Waals surface area contributed by atoms with Crippen molar-refractivity contribution in [3.05, 3.63) is 0 Å². The summed E-state index contributed by atoms with van der Waals surface area (Å²) in [6.07, 6.45) is -5.38. The Bertz CT molecular complexity index is 147. The molecule has 0 spiro atoms. The van der Waals surface area contributed by atoms with Crippen molar-refractivity contribution in [1.29, 1.82) is 0 Å². The van der Waals surface area contributed by atoms with Gasteiger partial charge in [-0.3, -0.25) is 4.79 Å². The molecule has 0 unspecified atom stereocenters. The molecule has 0 saturated carbocycles. The lowest BCUT2D eigenvalue weighted by Crippen LogP contribution is -2.40. The van der Waals surface area contributed by atoms with Crippen LogP contribution in [0.15, 0.2) is 0 Å². The number of carbonyl (C=O) groups is 1. The van der Waals surface area contributed by atoms with E-state index in [0.29, 0.717) is 0 Å². The summed E-state index contributed by atoms with van der Waals surface area (Å²) in [5, 5.41) is 43.0. The third kappa shape index (κ3) is 3.63. The largest absolute Gasteiger partial charge is 0.481 e. The molecule has 0 radical (unpaired) electrons. The van der Waals surface area contributed by atoms with Crippen LogP contribution in [0.4, 0.5) is 0 Å². The highest BCUT2D eigenvalue weighted by molar-refractivity contribution is 5.67. The maximum atomic E-state index is 10.0. The fraction of sp³-hybridized carbons (Fsp3) is 0.833. The van der Waals surface area contributed by atoms with E-state index in [4.69, 9.17) is 25.5 Å². The molecule has 0 rings (SSSR count). The van der Waals surface area contributed by atoms with E-state index < -0.39 is 37.3 Å². The van der Waals surface area contributed by atoms with E-state index in [9.17, 15) is 4.79 Å². The van der Waals surface area contributed by atoms with Gasteiger partial charge in [0.1, 0.15) is 12.2 Å². The van der Waals surface area contributed by atoms with Crippen LogP contribution >= 0.6 is 0 Å². The van der Waals surface area contributed by atoms with E-state index in [1.807, 2.05) is 0 Å². The summed E-state index contributed by atoms with van der Waals surface area (Å²) in [7, 11) is 0. The molecule has 0 bridgehead atoms. The number of hydrogen-bond donors (Lipinski definition) is 5. The SMILES string of the molecule is O=C(O)C[C@H](O)[C@@H](O)[C@H](O)CO. The second kappa shape index (κ2) is 5.04. The number of carboxylic acids is 1. The Balaban J connectivity index is 3.91. The minimum Gasteiger partial charge on any atom is -0.481 e. The van der Waals surface area contributed by atoms with E-state index >= 15 is 0 Å². The van der Waals surface area contributed by atoms with Crippen molar-refractivity contribution in [2.24, 2.45) is 0 Å². The standard InChI is InChI=1S/C6H12O6/c7-2-4(9)6(12)3(8)1-5(10)11/h3-4,6-9,12H,1-2H2,(H,10,11)/t3-,4+,6+/m0/s1. The Hall–Kier alpha value is -0.690. The van der Waals surface area contributed by atoms with Gasteiger partial charge < -0.3 is 25.5 Å². The molecule has 6 heteroatoms. The third-order valence-corrected chi connectivity index (χ3v) is 1.36. The molecule has 0 aromatic carbocycles. The van der Waals surface area contributed by atoms with Gasteiger partial charge in [0.15, 0.2) is 0 Å². The molecule has 0 saturated heterocycles. The Labute approximate surface area is 68.7 Å². The van der Waals surface area contributed by atoms with Crippen molar-refractivity contribution in [3.8, 4) is 0 Å². The zero-order chi connectivity index (χ0) is 9.72. The van der Waals surface area contributed by atoms with Crippen molar-refractivity contribution < 1.29 is 30.3 Å². The lowest BCUT2D eigenvalue weighted by Gasteiger charge is -2.19. The van der Waals surface area contributed by atoms with Gasteiger partial charge in [-0.1, -0.05) is 0 Å². The Morgan fingerprint density at radius 2 is 1.67 bits per heavy atom. The monoisotopic (exact) mass is 180 g/mol. The van der Waals surface area contributed by atoms with Crippen molar-refractivity contribution in [1.82, 2.24) is 0 Å². The highest BCUT2D eigenvalue weighted by Crippen LogP contribution is 2.03. The summed E-state index contributed by atoms with van der Waals surface area (Å²) in [6, 6.07) is 0. The molecule has 0 fully saturated rings. The van der Waals surface area contributed by atoms with Crippen LogP contribution in [0.25, 0.3) is 0 Å². The number of aliphatic hydroxyl groups is 4. The minimum absolute atomic E-state index is 0.668. The number of rotatable bonds is 5. The topological polar surface area (TPSA) is 118 Å². The summed E-state index contributed by atoms with van der Waals surface area (Å²) < 4.78 is 0. The van der Waals surface area contributed by atoms with Crippen molar-refractivity contribution >= 4 is 5.97 Å². The number of aliphatic hydroxyl groups excluding tert-OH is 4. The lowest BCUT2D eigenvalue weighted by molar-refractivity contribution is -0.143. The van der Waals surface area contributed by atoms with E-state index in [1.54, 1.807) is 0 Å². The average Bonchev–Trinajstić information content (AvgIpc) is 2.00. The summed E-state index contributed by atoms with van der Waals surface area (Å²) in [5.41, 5.74) is 0. The van der Waals surface area contributed by atoms with Crippen LogP contribution < -0.4 is 0 Å². The number of hydrogen-bond acceptors (Lipinski definition) is 5. The van der Waals surface area contributed by atoms with Crippen LogP contribution in [-0.2, 0) is 4.79 Å². The summed E-state index contributed by atoms with van der Waals surface area (Å²) in [5.74, 6) is -1.29. The first kappa shape index (κ1) is 11.3. The smallest absolute Gasteiger partial charge is 0.306 e. The average molecular weight is 180 g/mol. The third-order valence-electron chi connectivity index (χ3n) is 1.36. The maximum Gasteiger partial charge on any atom is 0.306 e. The van der Waals surface area contributed by atoms with E-state index in [-0.39, 0.29) is 0 Å². The molecule has 0 aliphatic rings. The van der Waals surface area contributed by atoms with Gasteiger partial charge in [0.25, 0.3) is 0 Å². The second-order valence-electron chi connectivity index (χ2n) is 2.41. The fourth-order valence-corrected chi connectivity index (χ4v) is 0.664. The first-order valence-corrected chi connectivity index (χ1v) is 3.36. The number of aliphatic carboxylic acids is 1. The molecule has 0 aliphatic heterocycles. The normalized spacial score (nSPS) is 18.3. The van der Waals surface area contributed by atoms with Crippen molar-refractivity contribution in [2.75, 3.05) is 6.61 Å². The molecule has 3 atom stereocenters. The van der Waals surface area contributed by atoms with Gasteiger partial charge in [-0.15, -0.1) is 0 Å². The molecule has 5 N–H and O–H groups in total. The zero-order valence-electron chi connectivity index (χ0n) is 6.29. The number of carboxylic acid groups (broad SMARTS) is 1. The van der Waals surface area contributed by atoms with Crippen molar-refractivity contribution in [3.63, 3.8) is 0 Å². The summed E-state index contributed by atoms with van der Waals surface area (Å²) >= 11 is 0. The van der Waals surface area contributed by atoms with Crippen LogP contribution in [-0.4, -0.2) is 56.4 Å². The van der Waals surface area contributed by atoms with E-state index in [2.05, 4.69) is 0 Å². The van der Waals surface area contributed by atoms with Crippen LogP contribution in [0.2, 0.25) is 0 Å². The van der Waals surface area contributed by atoms with E-state index in [0.717, 1.165) is 0 Å². The van der Waals surface area contributed by atoms with Gasteiger partial charge in [0.05, 0.1) is 19.1 Å². The van der Waals surface area contributed by atoms with Crippen LogP contribution in [0, 0.1) is 0 Å². The Morgan fingerprint density at radius 3 is 2.00 bits per heavy atom. The fourth-order valence-electron chi connectivity index (χ4n) is 0.664. The molecule has 0 aliphatic carbocycles. The molecule has 0 aromatic heterocycles. The van der Waals surface area contributed by atoms with Gasteiger partial charge in [-0.05, 0) is 0 Å². The molecule has 0 aromatic rings. The molecule has 6 nitrogen and oxygen atoms in total. The molecular weight excluding hydrogens is 168 g/mol. The predicted octanol–water partition coefficient (Wildman–Crippen LogP) is -2.46.